The van der Waals surface area contributed by atoms with Gasteiger partial charge in [0.2, 0.25) is 47.3 Å². The smallest absolute Gasteiger partial charge is 0.334 e. The van der Waals surface area contributed by atoms with E-state index in [2.05, 4.69) is 89.8 Å². The fourth-order valence-electron chi connectivity index (χ4n) is 14.1. The highest BCUT2D eigenvalue weighted by atomic mass is 16.8. The molecule has 0 aliphatic carbocycles. The lowest BCUT2D eigenvalue weighted by Gasteiger charge is -2.23. The molecule has 0 spiro atoms. The van der Waals surface area contributed by atoms with Crippen LogP contribution in [0, 0.1) is 0 Å². The van der Waals surface area contributed by atoms with Crippen molar-refractivity contribution in [1.29, 1.82) is 0 Å². The summed E-state index contributed by atoms with van der Waals surface area (Å²) in [6.45, 7) is 14.7. The number of amides is 16. The largest absolute Gasteiger partial charge is 0.355 e. The third-order valence-electron chi connectivity index (χ3n) is 20.0. The van der Waals surface area contributed by atoms with Gasteiger partial charge in [0, 0.05) is 154 Å². The summed E-state index contributed by atoms with van der Waals surface area (Å²) in [5.41, 5.74) is 0. The van der Waals surface area contributed by atoms with E-state index in [-0.39, 0.29) is 202 Å². The molecule has 0 aromatic rings. The fourth-order valence-corrected chi connectivity index (χ4v) is 14.1. The maximum atomic E-state index is 12.0. The van der Waals surface area contributed by atoms with Crippen LogP contribution in [0.1, 0.15) is 233 Å². The van der Waals surface area contributed by atoms with Crippen molar-refractivity contribution >= 4 is 118 Å². The minimum absolute atomic E-state index is 0.0221. The number of likely N-dealkylation sites (tertiary alicyclic amines) is 4. The molecule has 0 bridgehead atoms. The van der Waals surface area contributed by atoms with E-state index in [4.69, 9.17) is 19.4 Å². The Morgan fingerprint density at radius 2 is 0.422 bits per heavy atom. The van der Waals surface area contributed by atoms with Gasteiger partial charge in [-0.05, 0) is 103 Å². The van der Waals surface area contributed by atoms with Crippen molar-refractivity contribution in [2.45, 2.75) is 257 Å². The third-order valence-corrected chi connectivity index (χ3v) is 20.0. The van der Waals surface area contributed by atoms with E-state index in [9.17, 15) is 95.9 Å². The molecule has 0 radical (unpaired) electrons. The van der Waals surface area contributed by atoms with Crippen LogP contribution >= 0.6 is 0 Å². The first-order chi connectivity index (χ1) is 55.6. The van der Waals surface area contributed by atoms with Gasteiger partial charge in [-0.1, -0.05) is 53.4 Å². The Hall–Kier alpha value is -9.96. The number of imide groups is 4. The number of nitrogens with zero attached hydrogens (tertiary/aromatic N) is 8. The van der Waals surface area contributed by atoms with E-state index in [1.54, 1.807) is 0 Å². The Kier molecular flexibility index (Phi) is 44.4. The molecule has 8 saturated heterocycles. The lowest BCUT2D eigenvalue weighted by Crippen LogP contribution is -2.41. The second-order valence-corrected chi connectivity index (χ2v) is 29.2. The summed E-state index contributed by atoms with van der Waals surface area (Å²) in [7, 11) is 0. The zero-order valence-electron chi connectivity index (χ0n) is 67.6. The van der Waals surface area contributed by atoms with Gasteiger partial charge in [-0.15, -0.1) is 20.3 Å². The van der Waals surface area contributed by atoms with Gasteiger partial charge in [-0.25, -0.2) is 19.2 Å². The normalized spacial score (nSPS) is 19.5. The zero-order chi connectivity index (χ0) is 84.9. The third kappa shape index (κ3) is 36.5. The molecular weight excluding hydrogens is 1560 g/mol. The molecule has 0 aromatic heterocycles. The summed E-state index contributed by atoms with van der Waals surface area (Å²) in [5, 5.41) is 23.1. The Bertz CT molecular complexity index is 2920. The van der Waals surface area contributed by atoms with Gasteiger partial charge in [-0.2, -0.15) is 0 Å². The summed E-state index contributed by atoms with van der Waals surface area (Å²) >= 11 is 0. The summed E-state index contributed by atoms with van der Waals surface area (Å²) < 4.78 is 0. The van der Waals surface area contributed by atoms with Crippen LogP contribution in [0.25, 0.3) is 0 Å². The van der Waals surface area contributed by atoms with Gasteiger partial charge in [0.15, 0.2) is 0 Å². The average molecular weight is 1680 g/mol. The minimum Gasteiger partial charge on any atom is -0.355 e. The van der Waals surface area contributed by atoms with Crippen LogP contribution in [0.2, 0.25) is 0 Å². The number of rotatable bonds is 44. The Morgan fingerprint density at radius 1 is 0.259 bits per heavy atom. The van der Waals surface area contributed by atoms with E-state index < -0.39 is 71.1 Å². The second kappa shape index (κ2) is 53.3. The molecule has 40 nitrogen and oxygen atoms in total. The van der Waals surface area contributed by atoms with E-state index in [0.717, 1.165) is 129 Å². The molecule has 648 valence electrons. The van der Waals surface area contributed by atoms with E-state index in [1.165, 1.54) is 0 Å². The second-order valence-electron chi connectivity index (χ2n) is 29.2. The van der Waals surface area contributed by atoms with Gasteiger partial charge in [0.05, 0.1) is 51.9 Å². The van der Waals surface area contributed by atoms with Crippen molar-refractivity contribution in [2.24, 2.45) is 0 Å². The molecule has 0 saturated carbocycles. The summed E-state index contributed by atoms with van der Waals surface area (Å²) in [6, 6.07) is 1.89. The quantitative estimate of drug-likeness (QED) is 0.0216. The molecule has 8 fully saturated rings. The van der Waals surface area contributed by atoms with Gasteiger partial charge in [0.1, 0.15) is 0 Å². The van der Waals surface area contributed by atoms with Crippen molar-refractivity contribution in [3.05, 3.63) is 0 Å². The molecule has 8 rings (SSSR count). The van der Waals surface area contributed by atoms with Crippen LogP contribution in [0.15, 0.2) is 0 Å². The molecule has 116 heavy (non-hydrogen) atoms. The highest BCUT2D eigenvalue weighted by Crippen LogP contribution is 2.25. The highest BCUT2D eigenvalue weighted by molar-refractivity contribution is 6.04. The molecule has 8 aliphatic heterocycles. The van der Waals surface area contributed by atoms with Crippen molar-refractivity contribution in [1.82, 2.24) is 82.4 Å². The topological polar surface area (TPSA) is 500 Å². The maximum absolute atomic E-state index is 12.0. The van der Waals surface area contributed by atoms with Crippen LogP contribution in [-0.4, -0.2) is 287 Å². The first kappa shape index (κ1) is 96.6. The SMILES string of the molecule is C[13CH2][13CH2][13CH]1[13CH2][13CH2][13CH2]N1[13CH2][13C](=O)NCCC(=O)NCC[13C](=O)ON1C(=O)CCC1=O.C[13CH2][13CH2][13CH]1[13CH2][13CH2][13CH2][15N]1[13CH2]C(=O)NCCC(=O)NCC[13C](=O)ON1C(=O)CCC1=O.[13CH3][13CH2][13CH2][13CH]1[13CH2][13CH2][13CH2]N1[13CH2]C(=O)NCCC(=O)NCC[13C](=O)ON1C(=O)CCC1=O.[13CH3][13CH2][13CH2][13CH]1[13CH2][13CH2][13CH2][15N]1[13CH2]C(=O)NCCC(=O)NCCC(=O)ON1C(=O)CCC1=O. The maximum Gasteiger partial charge on any atom is 0.334 e. The molecule has 8 N–H and O–H groups in total. The van der Waals surface area contributed by atoms with Gasteiger partial charge in [-0.3, -0.25) is 96.3 Å². The minimum atomic E-state index is -0.769. The van der Waals surface area contributed by atoms with E-state index in [1.807, 2.05) is 0 Å². The number of nitrogens with one attached hydrogen (secondary N) is 8. The van der Waals surface area contributed by atoms with Gasteiger partial charge >= 0.3 is 23.9 Å². The van der Waals surface area contributed by atoms with E-state index in [0.29, 0.717) is 70.6 Å². The predicted molar refractivity (Wildman–Crippen MR) is 408 cm³/mol. The molecule has 0 aromatic carbocycles. The first-order valence-electron chi connectivity index (χ1n) is 41.0. The molecule has 8 heterocycles. The van der Waals surface area contributed by atoms with Crippen molar-refractivity contribution < 1.29 is 115 Å². The summed E-state index contributed by atoms with van der Waals surface area (Å²) in [5.74, 6) is -9.03. The van der Waals surface area contributed by atoms with Crippen molar-refractivity contribution in [3.63, 3.8) is 0 Å². The Balaban J connectivity index is 0.000000276. The average Bonchev–Trinajstić information content (AvgIpc) is 1.71. The van der Waals surface area contributed by atoms with Crippen LogP contribution in [0.4, 0.5) is 0 Å². The Morgan fingerprint density at radius 3 is 0.595 bits per heavy atom. The molecular formula is C76H120N16O24. The lowest BCUT2D eigenvalue weighted by molar-refractivity contribution is -0.197. The fraction of sp³-hybridized carbons (Fsp3) is 0.737. The van der Waals surface area contributed by atoms with Crippen LogP contribution < -0.4 is 42.5 Å². The van der Waals surface area contributed by atoms with Gasteiger partial charge in [0.25, 0.3) is 47.3 Å². The Labute approximate surface area is 675 Å². The standard InChI is InChI=1S/4C19H30N4O6/c4*1-2-4-14-5-3-12-22(14)13-16(25)21-10-8-15(24)20-11-9-19(28)29-23-17(26)6-7-18(23)27/h4*14H,2-13H2,1H3,(H,20,24)(H,21,25)/i2+1,3+1,4+1,5+1,12+1,13+1,14+1,19+1,22+1;2+1,3+1,4+1,5+1,12+1,13+1,14+1,16+1,19+1;1+1,2+1,3+1,4+1,5+1,12+1,13+1,14+1,22+1;1+1,2+1,3+1,4+1,5+1,12+1,13+1,14+1,19+1. The van der Waals surface area contributed by atoms with Crippen molar-refractivity contribution in [3.8, 4) is 0 Å². The van der Waals surface area contributed by atoms with Crippen LogP contribution in [0.5, 0.6) is 0 Å². The van der Waals surface area contributed by atoms with Crippen LogP contribution in [-0.2, 0) is 115 Å². The van der Waals surface area contributed by atoms with Crippen LogP contribution in [0.3, 0.4) is 0 Å². The number of hydrogen-bond donors (Lipinski definition) is 8. The number of hydrogen-bond acceptors (Lipinski definition) is 28. The van der Waals surface area contributed by atoms with E-state index >= 15 is 0 Å². The summed E-state index contributed by atoms with van der Waals surface area (Å²) in [6.07, 6.45) is 17.8. The molecule has 16 amide bonds. The molecule has 4 unspecified atom stereocenters. The lowest BCUT2D eigenvalue weighted by atomic mass is 10.3. The summed E-state index contributed by atoms with van der Waals surface area (Å²) in [4.78, 5) is 260. The molecule has 40 heteroatoms. The van der Waals surface area contributed by atoms with Gasteiger partial charge < -0.3 is 61.9 Å². The highest BCUT2D eigenvalue weighted by Gasteiger charge is 2.37. The first-order valence-corrected chi connectivity index (χ1v) is 41.0. The zero-order valence-corrected chi connectivity index (χ0v) is 67.6. The predicted octanol–water partition coefficient (Wildman–Crippen LogP) is -0.517. The number of carbonyl (C=O) groups is 20. The molecule has 8 aliphatic rings. The molecule has 4 atom stereocenters. The van der Waals surface area contributed by atoms with Crippen molar-refractivity contribution in [2.75, 3.05) is 105 Å². The number of carbonyl (C=O) groups excluding carboxylic acids is 20. The number of hydroxylamine groups is 8. The monoisotopic (exact) mass is 1680 g/mol.